The third-order valence-electron chi connectivity index (χ3n) is 6.06. The lowest BCUT2D eigenvalue weighted by Crippen LogP contribution is -2.23. The number of hydrogen-bond donors (Lipinski definition) is 1. The summed E-state index contributed by atoms with van der Waals surface area (Å²) >= 11 is 9.48. The Morgan fingerprint density at radius 1 is 1.06 bits per heavy atom. The van der Waals surface area contributed by atoms with E-state index in [1.54, 1.807) is 30.3 Å². The van der Waals surface area contributed by atoms with Crippen LogP contribution in [0.25, 0.3) is 16.9 Å². The van der Waals surface area contributed by atoms with Crippen molar-refractivity contribution >= 4 is 45.0 Å². The maximum Gasteiger partial charge on any atom is 0.349 e. The Balaban J connectivity index is 1.43. The number of pyridine rings is 1. The molecular formula is C27H25BrClN3O3. The minimum atomic E-state index is -0.499. The number of nitrogens with zero attached hydrogens (tertiary/aromatic N) is 2. The van der Waals surface area contributed by atoms with Crippen LogP contribution in [0.4, 0.5) is 5.82 Å². The summed E-state index contributed by atoms with van der Waals surface area (Å²) in [4.78, 5) is 17.5. The first kappa shape index (κ1) is 23.7. The fourth-order valence-corrected chi connectivity index (χ4v) is 4.82. The molecule has 1 aliphatic rings. The number of nitrogens with one attached hydrogen (secondary N) is 1. The number of carbonyl (C=O) groups is 1. The van der Waals surface area contributed by atoms with Gasteiger partial charge in [-0.15, -0.1) is 0 Å². The molecule has 6 nitrogen and oxygen atoms in total. The second kappa shape index (κ2) is 10.7. The zero-order chi connectivity index (χ0) is 24.2. The van der Waals surface area contributed by atoms with E-state index >= 15 is 0 Å². The third-order valence-corrected chi connectivity index (χ3v) is 6.79. The number of aromatic nitrogens is 2. The number of anilines is 1. The van der Waals surface area contributed by atoms with Gasteiger partial charge in [-0.3, -0.25) is 4.40 Å². The van der Waals surface area contributed by atoms with Crippen molar-refractivity contribution < 1.29 is 14.3 Å². The number of ether oxygens (including phenoxy) is 2. The number of halogens is 2. The molecule has 35 heavy (non-hydrogen) atoms. The van der Waals surface area contributed by atoms with E-state index in [0.29, 0.717) is 22.6 Å². The van der Waals surface area contributed by atoms with Crippen LogP contribution in [0.1, 0.15) is 32.1 Å². The van der Waals surface area contributed by atoms with Crippen LogP contribution in [0.5, 0.6) is 11.5 Å². The highest BCUT2D eigenvalue weighted by Gasteiger charge is 2.22. The van der Waals surface area contributed by atoms with E-state index in [4.69, 9.17) is 26.1 Å². The molecule has 0 amide bonds. The summed E-state index contributed by atoms with van der Waals surface area (Å²) in [7, 11) is 0. The molecule has 2 heterocycles. The minimum absolute atomic E-state index is 0.221. The van der Waals surface area contributed by atoms with Gasteiger partial charge in [-0.05, 0) is 77.3 Å². The normalized spacial score (nSPS) is 14.1. The fraction of sp³-hybridized carbons (Fsp3) is 0.259. The number of hydrogen-bond acceptors (Lipinski definition) is 5. The summed E-state index contributed by atoms with van der Waals surface area (Å²) in [6.45, 7) is -0.221. The molecule has 0 atom stereocenters. The highest BCUT2D eigenvalue weighted by atomic mass is 79.9. The van der Waals surface area contributed by atoms with E-state index < -0.39 is 5.97 Å². The maximum atomic E-state index is 12.6. The number of imidazole rings is 1. The number of fused-ring (bicyclic) bond motifs is 1. The van der Waals surface area contributed by atoms with E-state index in [1.165, 1.54) is 19.3 Å². The smallest absolute Gasteiger partial charge is 0.349 e. The highest BCUT2D eigenvalue weighted by molar-refractivity contribution is 9.10. The van der Waals surface area contributed by atoms with Gasteiger partial charge in [-0.25, -0.2) is 9.78 Å². The van der Waals surface area contributed by atoms with Gasteiger partial charge in [-0.2, -0.15) is 0 Å². The predicted octanol–water partition coefficient (Wildman–Crippen LogP) is 7.15. The lowest BCUT2D eigenvalue weighted by atomic mass is 9.95. The maximum absolute atomic E-state index is 12.6. The molecule has 1 saturated carbocycles. The molecule has 4 aromatic rings. The molecule has 8 heteroatoms. The van der Waals surface area contributed by atoms with Gasteiger partial charge in [0.05, 0.1) is 0 Å². The number of rotatable bonds is 7. The van der Waals surface area contributed by atoms with E-state index in [9.17, 15) is 4.79 Å². The highest BCUT2D eigenvalue weighted by Crippen LogP contribution is 2.37. The monoisotopic (exact) mass is 553 g/mol. The van der Waals surface area contributed by atoms with Crippen LogP contribution in [-0.4, -0.2) is 28.0 Å². The van der Waals surface area contributed by atoms with Crippen LogP contribution in [-0.2, 0) is 4.79 Å². The van der Waals surface area contributed by atoms with Gasteiger partial charge in [0.15, 0.2) is 6.61 Å². The van der Waals surface area contributed by atoms with Crippen molar-refractivity contribution in [3.05, 3.63) is 76.4 Å². The van der Waals surface area contributed by atoms with Crippen LogP contribution < -0.4 is 14.8 Å². The first-order chi connectivity index (χ1) is 17.1. The zero-order valence-electron chi connectivity index (χ0n) is 19.0. The summed E-state index contributed by atoms with van der Waals surface area (Å²) < 4.78 is 14.3. The Morgan fingerprint density at radius 3 is 2.63 bits per heavy atom. The first-order valence-electron chi connectivity index (χ1n) is 11.7. The molecule has 5 rings (SSSR count). The van der Waals surface area contributed by atoms with Crippen LogP contribution >= 0.6 is 27.5 Å². The zero-order valence-corrected chi connectivity index (χ0v) is 21.4. The molecule has 0 radical (unpaired) electrons. The summed E-state index contributed by atoms with van der Waals surface area (Å²) in [6.07, 6.45) is 7.97. The molecule has 2 aromatic heterocycles. The minimum Gasteiger partial charge on any atom is -0.482 e. The van der Waals surface area contributed by atoms with Crippen molar-refractivity contribution in [3.8, 4) is 22.8 Å². The lowest BCUT2D eigenvalue weighted by molar-refractivity contribution is -0.136. The summed E-state index contributed by atoms with van der Waals surface area (Å²) in [5, 5.41) is 4.34. The van der Waals surface area contributed by atoms with Gasteiger partial charge >= 0.3 is 5.97 Å². The molecule has 2 aromatic carbocycles. The van der Waals surface area contributed by atoms with E-state index in [-0.39, 0.29) is 6.61 Å². The molecule has 0 aliphatic heterocycles. The van der Waals surface area contributed by atoms with E-state index in [2.05, 4.69) is 25.6 Å². The molecule has 0 unspecified atom stereocenters. The fourth-order valence-electron chi connectivity index (χ4n) is 4.36. The standard InChI is InChI=1S/C27H25BrClN3O3/c28-18-10-15-24-31-26(27(32(24)16-18)30-20-6-2-1-3-7-20)22-8-4-5-9-23(22)35-25(33)17-34-21-13-11-19(29)12-14-21/h4-5,8-16,20,30H,1-3,6-7,17H2. The Kier molecular flexibility index (Phi) is 7.25. The number of esters is 1. The van der Waals surface area contributed by atoms with Gasteiger partial charge < -0.3 is 14.8 Å². The Hall–Kier alpha value is -3.03. The van der Waals surface area contributed by atoms with Gasteiger partial charge in [0.2, 0.25) is 0 Å². The molecule has 0 bridgehead atoms. The topological polar surface area (TPSA) is 64.9 Å². The lowest BCUT2D eigenvalue weighted by Gasteiger charge is -2.24. The van der Waals surface area contributed by atoms with Crippen LogP contribution in [0.3, 0.4) is 0 Å². The van der Waals surface area contributed by atoms with Crippen molar-refractivity contribution in [3.63, 3.8) is 0 Å². The second-order valence-electron chi connectivity index (χ2n) is 8.58. The SMILES string of the molecule is O=C(COc1ccc(Cl)cc1)Oc1ccccc1-c1nc2ccc(Br)cn2c1NC1CCCCC1. The Bertz CT molecular complexity index is 1330. The number of carbonyl (C=O) groups excluding carboxylic acids is 1. The van der Waals surface area contributed by atoms with E-state index in [1.807, 2.05) is 36.5 Å². The Labute approximate surface area is 217 Å². The number of benzene rings is 2. The molecule has 1 N–H and O–H groups in total. The molecular weight excluding hydrogens is 530 g/mol. The average Bonchev–Trinajstić information content (AvgIpc) is 3.22. The summed E-state index contributed by atoms with van der Waals surface area (Å²) in [6, 6.07) is 18.6. The van der Waals surface area contributed by atoms with Crippen molar-refractivity contribution in [1.29, 1.82) is 0 Å². The van der Waals surface area contributed by atoms with Gasteiger partial charge in [-0.1, -0.05) is 43.0 Å². The molecule has 0 spiro atoms. The molecule has 1 aliphatic carbocycles. The van der Waals surface area contributed by atoms with Crippen LogP contribution in [0.15, 0.2) is 71.3 Å². The predicted molar refractivity (Wildman–Crippen MR) is 141 cm³/mol. The first-order valence-corrected chi connectivity index (χ1v) is 12.9. The van der Waals surface area contributed by atoms with Gasteiger partial charge in [0.1, 0.15) is 28.7 Å². The second-order valence-corrected chi connectivity index (χ2v) is 9.93. The average molecular weight is 555 g/mol. The van der Waals surface area contributed by atoms with E-state index in [0.717, 1.165) is 40.0 Å². The van der Waals surface area contributed by atoms with Crippen LogP contribution in [0, 0.1) is 0 Å². The van der Waals surface area contributed by atoms with Crippen molar-refractivity contribution in [2.24, 2.45) is 0 Å². The van der Waals surface area contributed by atoms with Crippen molar-refractivity contribution in [2.75, 3.05) is 11.9 Å². The molecule has 0 saturated heterocycles. The molecule has 1 fully saturated rings. The summed E-state index contributed by atoms with van der Waals surface area (Å²) in [5.41, 5.74) is 2.30. The third kappa shape index (κ3) is 5.63. The van der Waals surface area contributed by atoms with Gasteiger partial charge in [0, 0.05) is 27.3 Å². The van der Waals surface area contributed by atoms with Crippen LogP contribution in [0.2, 0.25) is 5.02 Å². The Morgan fingerprint density at radius 2 is 1.83 bits per heavy atom. The largest absolute Gasteiger partial charge is 0.482 e. The number of para-hydroxylation sites is 1. The van der Waals surface area contributed by atoms with Crippen molar-refractivity contribution in [1.82, 2.24) is 9.38 Å². The quantitative estimate of drug-likeness (QED) is 0.194. The molecule has 180 valence electrons. The summed E-state index contributed by atoms with van der Waals surface area (Å²) in [5.74, 6) is 1.38. The van der Waals surface area contributed by atoms with Gasteiger partial charge in [0.25, 0.3) is 0 Å². The van der Waals surface area contributed by atoms with Crippen molar-refractivity contribution in [2.45, 2.75) is 38.1 Å².